The van der Waals surface area contributed by atoms with Crippen LogP contribution in [-0.2, 0) is 0 Å². The summed E-state index contributed by atoms with van der Waals surface area (Å²) in [7, 11) is 0. The van der Waals surface area contributed by atoms with E-state index in [0.717, 1.165) is 0 Å². The molecule has 2 rings (SSSR count). The fraction of sp³-hybridized carbons (Fsp3) is 0.143. The number of hydrogen-bond acceptors (Lipinski definition) is 4. The Morgan fingerprint density at radius 1 is 0.800 bits per heavy atom. The first kappa shape index (κ1) is 14.6. The van der Waals surface area contributed by atoms with Gasteiger partial charge in [-0.1, -0.05) is 23.2 Å². The van der Waals surface area contributed by atoms with Gasteiger partial charge in [-0.25, -0.2) is 0 Å². The predicted molar refractivity (Wildman–Crippen MR) is 78.6 cm³/mol. The zero-order valence-corrected chi connectivity index (χ0v) is 12.0. The summed E-state index contributed by atoms with van der Waals surface area (Å²) in [6.07, 6.45) is 10.0. The molecule has 0 radical (unpaired) electrons. The van der Waals surface area contributed by atoms with Crippen LogP contribution >= 0.6 is 23.2 Å². The van der Waals surface area contributed by atoms with Gasteiger partial charge in [0.1, 0.15) is 24.7 Å². The van der Waals surface area contributed by atoms with Crippen LogP contribution < -0.4 is 9.47 Å². The maximum atomic E-state index is 5.79. The second-order valence-electron chi connectivity index (χ2n) is 3.77. The Bertz CT molecular complexity index is 539. The number of pyridine rings is 2. The van der Waals surface area contributed by atoms with Crippen LogP contribution in [0, 0.1) is 0 Å². The number of hydrogen-bond donors (Lipinski definition) is 0. The van der Waals surface area contributed by atoms with Gasteiger partial charge >= 0.3 is 0 Å². The van der Waals surface area contributed by atoms with Crippen molar-refractivity contribution >= 4 is 23.2 Å². The van der Waals surface area contributed by atoms with E-state index in [2.05, 4.69) is 9.97 Å². The Balaban J connectivity index is 1.69. The molecule has 0 aromatic carbocycles. The second-order valence-corrected chi connectivity index (χ2v) is 4.64. The third-order valence-corrected chi connectivity index (χ3v) is 2.63. The van der Waals surface area contributed by atoms with Crippen molar-refractivity contribution in [2.75, 3.05) is 13.2 Å². The zero-order chi connectivity index (χ0) is 14.2. The molecule has 4 nitrogen and oxygen atoms in total. The molecule has 6 heteroatoms. The minimum atomic E-state index is 0.416. The fourth-order valence-electron chi connectivity index (χ4n) is 1.37. The molecule has 2 heterocycles. The van der Waals surface area contributed by atoms with E-state index in [1.165, 1.54) is 0 Å². The molecule has 0 aliphatic carbocycles. The summed E-state index contributed by atoms with van der Waals surface area (Å²) in [6, 6.07) is 3.41. The average molecular weight is 311 g/mol. The van der Waals surface area contributed by atoms with E-state index in [1.807, 2.05) is 12.2 Å². The van der Waals surface area contributed by atoms with Crippen LogP contribution in [0.5, 0.6) is 11.5 Å². The summed E-state index contributed by atoms with van der Waals surface area (Å²) in [5, 5.41) is 1.09. The normalized spacial score (nSPS) is 10.7. The highest BCUT2D eigenvalue weighted by Crippen LogP contribution is 2.15. The molecule has 0 N–H and O–H groups in total. The molecular weight excluding hydrogens is 299 g/mol. The Morgan fingerprint density at radius 2 is 1.25 bits per heavy atom. The van der Waals surface area contributed by atoms with Crippen LogP contribution in [0.4, 0.5) is 0 Å². The summed E-state index contributed by atoms with van der Waals surface area (Å²) in [4.78, 5) is 7.84. The van der Waals surface area contributed by atoms with Gasteiger partial charge in [0.05, 0.1) is 22.4 Å². The fourth-order valence-corrected chi connectivity index (χ4v) is 1.70. The lowest BCUT2D eigenvalue weighted by Crippen LogP contribution is -1.97. The number of rotatable bonds is 6. The Labute approximate surface area is 127 Å². The highest BCUT2D eigenvalue weighted by atomic mass is 35.5. The smallest absolute Gasteiger partial charge is 0.139 e. The molecule has 0 bridgehead atoms. The van der Waals surface area contributed by atoms with Gasteiger partial charge in [0.2, 0.25) is 0 Å². The SMILES string of the molecule is Clc1cncc(OCC=CCOc2cncc(Cl)c2)c1. The quantitative estimate of drug-likeness (QED) is 0.761. The first-order chi connectivity index (χ1) is 9.74. The summed E-state index contributed by atoms with van der Waals surface area (Å²) in [5.41, 5.74) is 0. The minimum Gasteiger partial charge on any atom is -0.488 e. The average Bonchev–Trinajstić information content (AvgIpc) is 2.43. The van der Waals surface area contributed by atoms with Gasteiger partial charge in [0.25, 0.3) is 0 Å². The monoisotopic (exact) mass is 310 g/mol. The summed E-state index contributed by atoms with van der Waals surface area (Å²) >= 11 is 11.6. The van der Waals surface area contributed by atoms with Crippen molar-refractivity contribution < 1.29 is 9.47 Å². The van der Waals surface area contributed by atoms with Crippen molar-refractivity contribution in [3.63, 3.8) is 0 Å². The standard InChI is InChI=1S/C14H12Cl2N2O2/c15-11-5-13(9-17-7-11)19-3-1-2-4-20-14-6-12(16)8-18-10-14/h1-2,5-10H,3-4H2. The van der Waals surface area contributed by atoms with Gasteiger partial charge in [-0.3, -0.25) is 9.97 Å². The topological polar surface area (TPSA) is 44.2 Å². The molecule has 104 valence electrons. The number of aromatic nitrogens is 2. The Hall–Kier alpha value is -1.78. The van der Waals surface area contributed by atoms with E-state index in [9.17, 15) is 0 Å². The van der Waals surface area contributed by atoms with Crippen molar-refractivity contribution in [2.24, 2.45) is 0 Å². The third kappa shape index (κ3) is 5.07. The highest BCUT2D eigenvalue weighted by Gasteiger charge is 1.95. The maximum absolute atomic E-state index is 5.79. The third-order valence-electron chi connectivity index (χ3n) is 2.22. The van der Waals surface area contributed by atoms with Crippen LogP contribution in [0.2, 0.25) is 10.0 Å². The molecule has 0 amide bonds. The molecule has 0 atom stereocenters. The second kappa shape index (κ2) is 7.72. The number of nitrogens with zero attached hydrogens (tertiary/aromatic N) is 2. The Morgan fingerprint density at radius 3 is 1.65 bits per heavy atom. The number of halogens is 2. The molecule has 0 spiro atoms. The van der Waals surface area contributed by atoms with E-state index in [4.69, 9.17) is 32.7 Å². The largest absolute Gasteiger partial charge is 0.488 e. The number of ether oxygens (including phenoxy) is 2. The van der Waals surface area contributed by atoms with Crippen LogP contribution in [0.3, 0.4) is 0 Å². The maximum Gasteiger partial charge on any atom is 0.139 e. The zero-order valence-electron chi connectivity index (χ0n) is 10.5. The van der Waals surface area contributed by atoms with Crippen LogP contribution in [0.15, 0.2) is 49.1 Å². The van der Waals surface area contributed by atoms with Gasteiger partial charge in [0.15, 0.2) is 0 Å². The molecule has 20 heavy (non-hydrogen) atoms. The summed E-state index contributed by atoms with van der Waals surface area (Å²) in [5.74, 6) is 1.25. The molecule has 0 unspecified atom stereocenters. The van der Waals surface area contributed by atoms with Crippen molar-refractivity contribution in [2.45, 2.75) is 0 Å². The molecule has 0 saturated carbocycles. The van der Waals surface area contributed by atoms with Crippen molar-refractivity contribution in [1.29, 1.82) is 0 Å². The van der Waals surface area contributed by atoms with Crippen molar-refractivity contribution in [1.82, 2.24) is 9.97 Å². The van der Waals surface area contributed by atoms with E-state index < -0.39 is 0 Å². The van der Waals surface area contributed by atoms with E-state index in [-0.39, 0.29) is 0 Å². The van der Waals surface area contributed by atoms with Gasteiger partial charge in [-0.2, -0.15) is 0 Å². The van der Waals surface area contributed by atoms with E-state index >= 15 is 0 Å². The lowest BCUT2D eigenvalue weighted by atomic mass is 10.4. The molecule has 0 aliphatic heterocycles. The first-order valence-corrected chi connectivity index (χ1v) is 6.61. The van der Waals surface area contributed by atoms with Gasteiger partial charge in [0, 0.05) is 24.5 Å². The van der Waals surface area contributed by atoms with Gasteiger partial charge in [-0.15, -0.1) is 0 Å². The lowest BCUT2D eigenvalue weighted by Gasteiger charge is -2.03. The Kier molecular flexibility index (Phi) is 5.65. The highest BCUT2D eigenvalue weighted by molar-refractivity contribution is 6.30. The van der Waals surface area contributed by atoms with Gasteiger partial charge in [-0.05, 0) is 12.2 Å². The van der Waals surface area contributed by atoms with Crippen molar-refractivity contribution in [3.05, 3.63) is 59.1 Å². The minimum absolute atomic E-state index is 0.416. The molecular formula is C14H12Cl2N2O2. The van der Waals surface area contributed by atoms with E-state index in [1.54, 1.807) is 36.9 Å². The first-order valence-electron chi connectivity index (χ1n) is 5.86. The molecule has 0 saturated heterocycles. The molecule has 0 aliphatic rings. The van der Waals surface area contributed by atoms with Crippen LogP contribution in [0.1, 0.15) is 0 Å². The van der Waals surface area contributed by atoms with Crippen LogP contribution in [-0.4, -0.2) is 23.2 Å². The summed E-state index contributed by atoms with van der Waals surface area (Å²) in [6.45, 7) is 0.832. The molecule has 2 aromatic heterocycles. The van der Waals surface area contributed by atoms with Gasteiger partial charge < -0.3 is 9.47 Å². The van der Waals surface area contributed by atoms with E-state index in [0.29, 0.717) is 34.8 Å². The van der Waals surface area contributed by atoms with Crippen molar-refractivity contribution in [3.8, 4) is 11.5 Å². The van der Waals surface area contributed by atoms with Crippen LogP contribution in [0.25, 0.3) is 0 Å². The lowest BCUT2D eigenvalue weighted by molar-refractivity contribution is 0.349. The summed E-state index contributed by atoms with van der Waals surface area (Å²) < 4.78 is 10.9. The predicted octanol–water partition coefficient (Wildman–Crippen LogP) is 3.80. The molecule has 0 fully saturated rings. The molecule has 2 aromatic rings.